The van der Waals surface area contributed by atoms with Crippen LogP contribution in [-0.4, -0.2) is 23.8 Å². The Labute approximate surface area is 90.9 Å². The summed E-state index contributed by atoms with van der Waals surface area (Å²) in [5.41, 5.74) is 2.60. The highest BCUT2D eigenvalue weighted by atomic mass is 16.1. The first-order chi connectivity index (χ1) is 7.24. The highest BCUT2D eigenvalue weighted by Crippen LogP contribution is 2.12. The number of ketones is 1. The summed E-state index contributed by atoms with van der Waals surface area (Å²) >= 11 is 0. The Balaban J connectivity index is 1.99. The SMILES string of the molecule is Cc1cccc(CN2CCCC(=O)C2)c1. The summed E-state index contributed by atoms with van der Waals surface area (Å²) in [6, 6.07) is 8.51. The van der Waals surface area contributed by atoms with E-state index in [1.165, 1.54) is 11.1 Å². The molecule has 0 atom stereocenters. The predicted molar refractivity (Wildman–Crippen MR) is 60.7 cm³/mol. The van der Waals surface area contributed by atoms with E-state index in [2.05, 4.69) is 36.1 Å². The Bertz CT molecular complexity index is 359. The van der Waals surface area contributed by atoms with Crippen LogP contribution in [0.15, 0.2) is 24.3 Å². The van der Waals surface area contributed by atoms with Crippen LogP contribution in [0.2, 0.25) is 0 Å². The van der Waals surface area contributed by atoms with Gasteiger partial charge in [0.15, 0.2) is 0 Å². The van der Waals surface area contributed by atoms with Gasteiger partial charge in [0.2, 0.25) is 0 Å². The van der Waals surface area contributed by atoms with Crippen LogP contribution < -0.4 is 0 Å². The van der Waals surface area contributed by atoms with Gasteiger partial charge in [0.25, 0.3) is 0 Å². The van der Waals surface area contributed by atoms with E-state index < -0.39 is 0 Å². The zero-order valence-electron chi connectivity index (χ0n) is 9.20. The smallest absolute Gasteiger partial charge is 0.146 e. The number of hydrogen-bond acceptors (Lipinski definition) is 2. The summed E-state index contributed by atoms with van der Waals surface area (Å²) in [4.78, 5) is 13.5. The molecule has 0 aromatic heterocycles. The molecule has 0 amide bonds. The Morgan fingerprint density at radius 3 is 3.00 bits per heavy atom. The van der Waals surface area contributed by atoms with Gasteiger partial charge in [0, 0.05) is 13.0 Å². The van der Waals surface area contributed by atoms with Gasteiger partial charge in [-0.2, -0.15) is 0 Å². The monoisotopic (exact) mass is 203 g/mol. The van der Waals surface area contributed by atoms with Crippen molar-refractivity contribution in [2.75, 3.05) is 13.1 Å². The Morgan fingerprint density at radius 2 is 2.27 bits per heavy atom. The molecule has 1 heterocycles. The van der Waals surface area contributed by atoms with Crippen LogP contribution in [0.3, 0.4) is 0 Å². The number of nitrogens with zero attached hydrogens (tertiary/aromatic N) is 1. The molecule has 0 radical (unpaired) electrons. The van der Waals surface area contributed by atoms with E-state index in [0.29, 0.717) is 12.3 Å². The molecule has 2 heteroatoms. The van der Waals surface area contributed by atoms with Gasteiger partial charge in [-0.15, -0.1) is 0 Å². The maximum absolute atomic E-state index is 11.3. The zero-order chi connectivity index (χ0) is 10.7. The lowest BCUT2D eigenvalue weighted by molar-refractivity contribution is -0.122. The second kappa shape index (κ2) is 4.58. The van der Waals surface area contributed by atoms with Crippen LogP contribution in [0.1, 0.15) is 24.0 Å². The van der Waals surface area contributed by atoms with Crippen molar-refractivity contribution in [3.05, 3.63) is 35.4 Å². The normalized spacial score (nSPS) is 18.1. The number of benzene rings is 1. The molecule has 1 saturated heterocycles. The fourth-order valence-corrected chi connectivity index (χ4v) is 2.11. The van der Waals surface area contributed by atoms with E-state index in [4.69, 9.17) is 0 Å². The van der Waals surface area contributed by atoms with Gasteiger partial charge >= 0.3 is 0 Å². The maximum atomic E-state index is 11.3. The van der Waals surface area contributed by atoms with Crippen LogP contribution in [0, 0.1) is 6.92 Å². The number of hydrogen-bond donors (Lipinski definition) is 0. The van der Waals surface area contributed by atoms with Crippen molar-refractivity contribution >= 4 is 5.78 Å². The topological polar surface area (TPSA) is 20.3 Å². The standard InChI is InChI=1S/C13H17NO/c1-11-4-2-5-12(8-11)9-14-7-3-6-13(15)10-14/h2,4-5,8H,3,6-7,9-10H2,1H3. The zero-order valence-corrected chi connectivity index (χ0v) is 9.20. The molecule has 1 aliphatic rings. The lowest BCUT2D eigenvalue weighted by atomic mass is 10.1. The van der Waals surface area contributed by atoms with E-state index in [0.717, 1.165) is 25.9 Å². The lowest BCUT2D eigenvalue weighted by Gasteiger charge is -2.25. The van der Waals surface area contributed by atoms with Crippen molar-refractivity contribution in [3.63, 3.8) is 0 Å². The molecule has 2 rings (SSSR count). The Kier molecular flexibility index (Phi) is 3.17. The quantitative estimate of drug-likeness (QED) is 0.734. The minimum absolute atomic E-state index is 0.383. The highest BCUT2D eigenvalue weighted by Gasteiger charge is 2.16. The lowest BCUT2D eigenvalue weighted by Crippen LogP contribution is -2.34. The second-order valence-electron chi connectivity index (χ2n) is 4.34. The molecule has 80 valence electrons. The molecule has 0 N–H and O–H groups in total. The fraction of sp³-hybridized carbons (Fsp3) is 0.462. The summed E-state index contributed by atoms with van der Waals surface area (Å²) < 4.78 is 0. The second-order valence-corrected chi connectivity index (χ2v) is 4.34. The number of carbonyl (C=O) groups excluding carboxylic acids is 1. The van der Waals surface area contributed by atoms with Crippen molar-refractivity contribution in [1.82, 2.24) is 4.90 Å². The molecule has 0 aliphatic carbocycles. The maximum Gasteiger partial charge on any atom is 0.146 e. The van der Waals surface area contributed by atoms with Crippen molar-refractivity contribution in [2.45, 2.75) is 26.3 Å². The first-order valence-electron chi connectivity index (χ1n) is 5.53. The van der Waals surface area contributed by atoms with E-state index >= 15 is 0 Å². The van der Waals surface area contributed by atoms with Gasteiger partial charge in [0.1, 0.15) is 5.78 Å². The van der Waals surface area contributed by atoms with E-state index in [9.17, 15) is 4.79 Å². The third-order valence-corrected chi connectivity index (χ3v) is 2.82. The van der Waals surface area contributed by atoms with Gasteiger partial charge in [-0.05, 0) is 25.5 Å². The number of piperidine rings is 1. The summed E-state index contributed by atoms with van der Waals surface area (Å²) in [5, 5.41) is 0. The average Bonchev–Trinajstić information content (AvgIpc) is 2.17. The van der Waals surface area contributed by atoms with Crippen LogP contribution in [0.5, 0.6) is 0 Å². The van der Waals surface area contributed by atoms with Crippen molar-refractivity contribution < 1.29 is 4.79 Å². The number of aryl methyl sites for hydroxylation is 1. The molecule has 0 unspecified atom stereocenters. The Morgan fingerprint density at radius 1 is 1.40 bits per heavy atom. The molecule has 1 aromatic rings. The minimum atomic E-state index is 0.383. The largest absolute Gasteiger partial charge is 0.298 e. The average molecular weight is 203 g/mol. The van der Waals surface area contributed by atoms with Gasteiger partial charge < -0.3 is 0 Å². The molecule has 15 heavy (non-hydrogen) atoms. The summed E-state index contributed by atoms with van der Waals surface area (Å²) in [7, 11) is 0. The predicted octanol–water partition coefficient (Wildman–Crippen LogP) is 2.16. The van der Waals surface area contributed by atoms with Crippen molar-refractivity contribution in [2.24, 2.45) is 0 Å². The Hall–Kier alpha value is -1.15. The number of rotatable bonds is 2. The van der Waals surface area contributed by atoms with Gasteiger partial charge in [-0.25, -0.2) is 0 Å². The molecule has 0 bridgehead atoms. The number of likely N-dealkylation sites (tertiary alicyclic amines) is 1. The van der Waals surface area contributed by atoms with Crippen LogP contribution in [0.4, 0.5) is 0 Å². The fourth-order valence-electron chi connectivity index (χ4n) is 2.11. The van der Waals surface area contributed by atoms with E-state index in [1.54, 1.807) is 0 Å². The summed E-state index contributed by atoms with van der Waals surface area (Å²) in [6.07, 6.45) is 1.79. The molecule has 0 spiro atoms. The van der Waals surface area contributed by atoms with E-state index in [1.807, 2.05) is 0 Å². The van der Waals surface area contributed by atoms with Gasteiger partial charge in [-0.3, -0.25) is 9.69 Å². The van der Waals surface area contributed by atoms with Gasteiger partial charge in [0.05, 0.1) is 6.54 Å². The first kappa shape index (κ1) is 10.4. The third-order valence-electron chi connectivity index (χ3n) is 2.82. The molecule has 1 aromatic carbocycles. The van der Waals surface area contributed by atoms with Crippen molar-refractivity contribution in [3.8, 4) is 0 Å². The molecule has 2 nitrogen and oxygen atoms in total. The van der Waals surface area contributed by atoms with Crippen molar-refractivity contribution in [1.29, 1.82) is 0 Å². The molecule has 0 saturated carbocycles. The van der Waals surface area contributed by atoms with Gasteiger partial charge in [-0.1, -0.05) is 29.8 Å². The van der Waals surface area contributed by atoms with Crippen LogP contribution in [-0.2, 0) is 11.3 Å². The third kappa shape index (κ3) is 2.90. The molecule has 1 aliphatic heterocycles. The number of Topliss-reactive ketones (excluding diaryl/α,β-unsaturated/α-hetero) is 1. The highest BCUT2D eigenvalue weighted by molar-refractivity contribution is 5.81. The molecule has 1 fully saturated rings. The van der Waals surface area contributed by atoms with E-state index in [-0.39, 0.29) is 0 Å². The molecular formula is C13H17NO. The molecular weight excluding hydrogens is 186 g/mol. The van der Waals surface area contributed by atoms with Crippen LogP contribution in [0.25, 0.3) is 0 Å². The van der Waals surface area contributed by atoms with Crippen LogP contribution >= 0.6 is 0 Å². The summed E-state index contributed by atoms with van der Waals surface area (Å²) in [5.74, 6) is 0.383. The number of carbonyl (C=O) groups is 1. The first-order valence-corrected chi connectivity index (χ1v) is 5.53. The minimum Gasteiger partial charge on any atom is -0.298 e. The summed E-state index contributed by atoms with van der Waals surface area (Å²) in [6.45, 7) is 4.70.